The highest BCUT2D eigenvalue weighted by molar-refractivity contribution is 8.02. The molecule has 2 aromatic heterocycles. The van der Waals surface area contributed by atoms with E-state index in [4.69, 9.17) is 0 Å². The molecule has 1 aromatic carbocycles. The van der Waals surface area contributed by atoms with Crippen molar-refractivity contribution >= 4 is 45.6 Å². The van der Waals surface area contributed by atoms with E-state index >= 15 is 0 Å². The molecule has 0 radical (unpaired) electrons. The molecule has 106 valence electrons. The molecule has 3 rings (SSSR count). The lowest BCUT2D eigenvalue weighted by Gasteiger charge is -2.12. The van der Waals surface area contributed by atoms with Crippen molar-refractivity contribution in [2.75, 3.05) is 5.32 Å². The van der Waals surface area contributed by atoms with E-state index in [1.54, 1.807) is 12.4 Å². The molecule has 0 spiro atoms. The Hall–Kier alpha value is -1.92. The third kappa shape index (κ3) is 3.22. The molecule has 1 amide bonds. The Balaban J connectivity index is 1.77. The zero-order valence-corrected chi connectivity index (χ0v) is 12.9. The maximum absolute atomic E-state index is 12.3. The van der Waals surface area contributed by atoms with Crippen molar-refractivity contribution in [3.05, 3.63) is 48.1 Å². The molecular formula is C15H13N3OS2. The number of thioether (sulfide) groups is 1. The van der Waals surface area contributed by atoms with Crippen LogP contribution in [-0.4, -0.2) is 21.1 Å². The zero-order valence-electron chi connectivity index (χ0n) is 11.3. The van der Waals surface area contributed by atoms with Crippen molar-refractivity contribution in [2.24, 2.45) is 0 Å². The Morgan fingerprint density at radius 2 is 2.14 bits per heavy atom. The molecule has 0 unspecified atom stereocenters. The number of carbonyl (C=O) groups excluding carboxylic acids is 1. The van der Waals surface area contributed by atoms with E-state index in [1.165, 1.54) is 23.1 Å². The van der Waals surface area contributed by atoms with E-state index in [2.05, 4.69) is 15.3 Å². The zero-order chi connectivity index (χ0) is 14.7. The summed E-state index contributed by atoms with van der Waals surface area (Å²) >= 11 is 3.00. The second-order valence-electron chi connectivity index (χ2n) is 4.42. The van der Waals surface area contributed by atoms with Crippen LogP contribution in [0.2, 0.25) is 0 Å². The molecule has 2 heterocycles. The minimum Gasteiger partial charge on any atom is -0.324 e. The van der Waals surface area contributed by atoms with Gasteiger partial charge >= 0.3 is 0 Å². The molecule has 1 atom stereocenters. The monoisotopic (exact) mass is 315 g/mol. The van der Waals surface area contributed by atoms with E-state index in [1.807, 2.05) is 42.6 Å². The lowest BCUT2D eigenvalue weighted by molar-refractivity contribution is -0.115. The van der Waals surface area contributed by atoms with Crippen molar-refractivity contribution in [1.29, 1.82) is 0 Å². The van der Waals surface area contributed by atoms with Crippen LogP contribution in [0.25, 0.3) is 10.9 Å². The lowest BCUT2D eigenvalue weighted by Crippen LogP contribution is -2.22. The number of hydrogen-bond donors (Lipinski definition) is 1. The Labute approximate surface area is 130 Å². The Morgan fingerprint density at radius 1 is 1.24 bits per heavy atom. The van der Waals surface area contributed by atoms with Gasteiger partial charge in [0.15, 0.2) is 4.34 Å². The minimum absolute atomic E-state index is 0.0356. The Morgan fingerprint density at radius 3 is 2.95 bits per heavy atom. The van der Waals surface area contributed by atoms with E-state index in [0.29, 0.717) is 0 Å². The smallest absolute Gasteiger partial charge is 0.237 e. The number of pyridine rings is 1. The van der Waals surface area contributed by atoms with E-state index < -0.39 is 0 Å². The predicted octanol–water partition coefficient (Wildman–Crippen LogP) is 3.81. The van der Waals surface area contributed by atoms with Crippen LogP contribution in [0.1, 0.15) is 6.92 Å². The molecular weight excluding hydrogens is 302 g/mol. The van der Waals surface area contributed by atoms with Gasteiger partial charge in [0.05, 0.1) is 16.5 Å². The SMILES string of the molecule is C[C@@H](Sc1nccs1)C(=O)Nc1cccc2ncccc12. The molecule has 6 heteroatoms. The number of amides is 1. The normalized spacial score (nSPS) is 12.2. The summed E-state index contributed by atoms with van der Waals surface area (Å²) in [6.07, 6.45) is 3.49. The second kappa shape index (κ2) is 6.24. The summed E-state index contributed by atoms with van der Waals surface area (Å²) in [4.78, 5) is 20.8. The highest BCUT2D eigenvalue weighted by atomic mass is 32.2. The molecule has 0 saturated heterocycles. The van der Waals surface area contributed by atoms with Crippen molar-refractivity contribution in [3.63, 3.8) is 0 Å². The molecule has 0 aliphatic carbocycles. The van der Waals surface area contributed by atoms with Gasteiger partial charge in [-0.15, -0.1) is 11.3 Å². The molecule has 21 heavy (non-hydrogen) atoms. The predicted molar refractivity (Wildman–Crippen MR) is 87.8 cm³/mol. The van der Waals surface area contributed by atoms with Gasteiger partial charge in [-0.2, -0.15) is 0 Å². The van der Waals surface area contributed by atoms with E-state index in [-0.39, 0.29) is 11.2 Å². The standard InChI is InChI=1S/C15H13N3OS2/c1-10(21-15-17-8-9-20-15)14(19)18-13-6-2-5-12-11(13)4-3-7-16-12/h2-10H,1H3,(H,18,19)/t10-/m1/s1. The first-order chi connectivity index (χ1) is 10.2. The molecule has 0 aliphatic rings. The molecule has 0 aliphatic heterocycles. The van der Waals surface area contributed by atoms with Crippen molar-refractivity contribution in [1.82, 2.24) is 9.97 Å². The van der Waals surface area contributed by atoms with Crippen LogP contribution in [-0.2, 0) is 4.79 Å². The maximum atomic E-state index is 12.3. The average Bonchev–Trinajstić information content (AvgIpc) is 3.00. The van der Waals surface area contributed by atoms with Gasteiger partial charge in [0.1, 0.15) is 0 Å². The molecule has 3 aromatic rings. The molecule has 4 nitrogen and oxygen atoms in total. The van der Waals surface area contributed by atoms with Crippen molar-refractivity contribution in [3.8, 4) is 0 Å². The van der Waals surface area contributed by atoms with Gasteiger partial charge in [-0.25, -0.2) is 4.98 Å². The molecule has 0 bridgehead atoms. The highest BCUT2D eigenvalue weighted by Gasteiger charge is 2.16. The number of anilines is 1. The number of aromatic nitrogens is 2. The first-order valence-corrected chi connectivity index (χ1v) is 8.21. The van der Waals surface area contributed by atoms with E-state index in [9.17, 15) is 4.79 Å². The summed E-state index contributed by atoms with van der Waals surface area (Å²) in [6, 6.07) is 9.54. The maximum Gasteiger partial charge on any atom is 0.237 e. The van der Waals surface area contributed by atoms with Crippen LogP contribution < -0.4 is 5.32 Å². The fraction of sp³-hybridized carbons (Fsp3) is 0.133. The minimum atomic E-state index is -0.205. The molecule has 0 fully saturated rings. The third-order valence-corrected chi connectivity index (χ3v) is 4.98. The lowest BCUT2D eigenvalue weighted by atomic mass is 10.2. The van der Waals surface area contributed by atoms with Gasteiger partial charge in [0.2, 0.25) is 5.91 Å². The first-order valence-electron chi connectivity index (χ1n) is 6.45. The number of nitrogens with one attached hydrogen (secondary N) is 1. The van der Waals surface area contributed by atoms with Gasteiger partial charge in [0.25, 0.3) is 0 Å². The van der Waals surface area contributed by atoms with Gasteiger partial charge in [0, 0.05) is 23.2 Å². The van der Waals surface area contributed by atoms with Crippen LogP contribution in [0.5, 0.6) is 0 Å². The summed E-state index contributed by atoms with van der Waals surface area (Å²) in [6.45, 7) is 1.88. The third-order valence-electron chi connectivity index (χ3n) is 2.96. The summed E-state index contributed by atoms with van der Waals surface area (Å²) in [5, 5.41) is 5.62. The van der Waals surface area contributed by atoms with Crippen LogP contribution in [0, 0.1) is 0 Å². The number of nitrogens with zero attached hydrogens (tertiary/aromatic N) is 2. The summed E-state index contributed by atoms with van der Waals surface area (Å²) in [5.41, 5.74) is 1.66. The average molecular weight is 315 g/mol. The molecule has 1 N–H and O–H groups in total. The topological polar surface area (TPSA) is 54.9 Å². The van der Waals surface area contributed by atoms with Crippen LogP contribution in [0.3, 0.4) is 0 Å². The fourth-order valence-corrected chi connectivity index (χ4v) is 3.69. The quantitative estimate of drug-likeness (QED) is 0.744. The van der Waals surface area contributed by atoms with E-state index in [0.717, 1.165) is 20.9 Å². The summed E-state index contributed by atoms with van der Waals surface area (Å²) < 4.78 is 0.900. The second-order valence-corrected chi connectivity index (χ2v) is 6.91. The number of rotatable bonds is 4. The highest BCUT2D eigenvalue weighted by Crippen LogP contribution is 2.27. The van der Waals surface area contributed by atoms with Gasteiger partial charge in [-0.3, -0.25) is 9.78 Å². The number of hydrogen-bond acceptors (Lipinski definition) is 5. The summed E-state index contributed by atoms with van der Waals surface area (Å²) in [7, 11) is 0. The van der Waals surface area contributed by atoms with Crippen LogP contribution in [0.15, 0.2) is 52.4 Å². The number of thiazole rings is 1. The number of carbonyl (C=O) groups is 1. The summed E-state index contributed by atoms with van der Waals surface area (Å²) in [5.74, 6) is -0.0356. The largest absolute Gasteiger partial charge is 0.324 e. The fourth-order valence-electron chi connectivity index (χ4n) is 1.92. The Kier molecular flexibility index (Phi) is 4.17. The molecule has 0 saturated carbocycles. The van der Waals surface area contributed by atoms with Crippen molar-refractivity contribution < 1.29 is 4.79 Å². The number of benzene rings is 1. The van der Waals surface area contributed by atoms with Crippen LogP contribution >= 0.6 is 23.1 Å². The van der Waals surface area contributed by atoms with Crippen LogP contribution in [0.4, 0.5) is 5.69 Å². The number of fused-ring (bicyclic) bond motifs is 1. The Bertz CT molecular complexity index is 753. The van der Waals surface area contributed by atoms with Crippen molar-refractivity contribution in [2.45, 2.75) is 16.5 Å². The van der Waals surface area contributed by atoms with Gasteiger partial charge < -0.3 is 5.32 Å². The van der Waals surface area contributed by atoms with Gasteiger partial charge in [-0.05, 0) is 31.2 Å². The first kappa shape index (κ1) is 14.0. The van der Waals surface area contributed by atoms with Gasteiger partial charge in [-0.1, -0.05) is 17.8 Å².